The minimum Gasteiger partial charge on any atom is -0.396 e. The third-order valence-electron chi connectivity index (χ3n) is 4.41. The molecule has 0 amide bonds. The molecule has 1 aromatic carbocycles. The number of hydrogen-bond donors (Lipinski definition) is 3. The average Bonchev–Trinajstić information content (AvgIpc) is 2.96. The fourth-order valence-corrected chi connectivity index (χ4v) is 2.90. The first-order chi connectivity index (χ1) is 12.7. The molecule has 0 saturated heterocycles. The van der Waals surface area contributed by atoms with Crippen molar-refractivity contribution in [2.45, 2.75) is 38.3 Å². The van der Waals surface area contributed by atoms with Crippen LogP contribution in [0.1, 0.15) is 26.0 Å². The van der Waals surface area contributed by atoms with Crippen LogP contribution in [-0.4, -0.2) is 57.3 Å². The van der Waals surface area contributed by atoms with Gasteiger partial charge < -0.3 is 24.6 Å². The maximum Gasteiger partial charge on any atom is 0.305 e. The monoisotopic (exact) mass is 384 g/mol. The molecule has 2 rings (SSSR count). The van der Waals surface area contributed by atoms with E-state index in [-0.39, 0.29) is 26.4 Å². The molecular weight excluding hydrogens is 359 g/mol. The Bertz CT molecular complexity index is 805. The molecule has 0 aliphatic heterocycles. The van der Waals surface area contributed by atoms with Crippen LogP contribution in [0.3, 0.4) is 0 Å². The first kappa shape index (κ1) is 21.2. The summed E-state index contributed by atoms with van der Waals surface area (Å²) in [5, 5.41) is 40.2. The molecule has 0 radical (unpaired) electrons. The number of aliphatic hydroxyl groups is 3. The van der Waals surface area contributed by atoms with Gasteiger partial charge in [-0.15, -0.1) is 0 Å². The van der Waals surface area contributed by atoms with Crippen molar-refractivity contribution in [1.29, 1.82) is 0 Å². The molecule has 1 unspecified atom stereocenters. The number of aromatic nitrogens is 1. The Balaban J connectivity index is 2.43. The number of rotatable bonds is 10. The molecule has 2 aromatic rings. The van der Waals surface area contributed by atoms with Crippen LogP contribution >= 0.6 is 0 Å². The van der Waals surface area contributed by atoms with Gasteiger partial charge in [0.25, 0.3) is 0 Å². The summed E-state index contributed by atoms with van der Waals surface area (Å²) >= 11 is 0. The van der Waals surface area contributed by atoms with Crippen LogP contribution in [0.5, 0.6) is 0 Å². The van der Waals surface area contributed by atoms with E-state index in [0.29, 0.717) is 29.6 Å². The maximum atomic E-state index is 14.1. The number of hydrogen-bond acceptors (Lipinski definition) is 6. The lowest BCUT2D eigenvalue weighted by atomic mass is 9.90. The molecular formula is C18H25FN2O6. The molecule has 0 bridgehead atoms. The molecule has 0 aliphatic rings. The van der Waals surface area contributed by atoms with E-state index in [9.17, 15) is 24.7 Å². The molecule has 8 nitrogen and oxygen atoms in total. The quantitative estimate of drug-likeness (QED) is 0.326. The van der Waals surface area contributed by atoms with Crippen LogP contribution in [-0.2, 0) is 16.7 Å². The highest BCUT2D eigenvalue weighted by atomic mass is 19.1. The highest BCUT2D eigenvalue weighted by Crippen LogP contribution is 2.33. The first-order valence-electron chi connectivity index (χ1n) is 8.66. The zero-order valence-electron chi connectivity index (χ0n) is 15.4. The normalized spacial score (nSPS) is 13.3. The Labute approximate surface area is 155 Å². The van der Waals surface area contributed by atoms with E-state index in [1.54, 1.807) is 24.5 Å². The fraction of sp³-hybridized carbons (Fsp3) is 0.556. The van der Waals surface area contributed by atoms with Gasteiger partial charge in [0.15, 0.2) is 0 Å². The fourth-order valence-electron chi connectivity index (χ4n) is 2.90. The molecule has 0 saturated carbocycles. The van der Waals surface area contributed by atoms with Gasteiger partial charge in [-0.3, -0.25) is 10.1 Å². The predicted molar refractivity (Wildman–Crippen MR) is 97.2 cm³/mol. The van der Waals surface area contributed by atoms with E-state index >= 15 is 0 Å². The van der Waals surface area contributed by atoms with Gasteiger partial charge in [-0.05, 0) is 12.5 Å². The van der Waals surface area contributed by atoms with Crippen LogP contribution < -0.4 is 0 Å². The van der Waals surface area contributed by atoms with Crippen molar-refractivity contribution in [3.63, 3.8) is 0 Å². The Morgan fingerprint density at radius 3 is 2.63 bits per heavy atom. The van der Waals surface area contributed by atoms with Crippen LogP contribution in [0.4, 0.5) is 10.1 Å². The summed E-state index contributed by atoms with van der Waals surface area (Å²) in [6.45, 7) is 3.75. The van der Waals surface area contributed by atoms with Crippen LogP contribution in [0.2, 0.25) is 0 Å². The van der Waals surface area contributed by atoms with Gasteiger partial charge >= 0.3 is 5.69 Å². The molecule has 0 spiro atoms. The third kappa shape index (κ3) is 4.81. The van der Waals surface area contributed by atoms with E-state index in [1.165, 1.54) is 0 Å². The van der Waals surface area contributed by atoms with Gasteiger partial charge in [0.2, 0.25) is 5.82 Å². The van der Waals surface area contributed by atoms with Crippen molar-refractivity contribution in [1.82, 2.24) is 4.57 Å². The summed E-state index contributed by atoms with van der Waals surface area (Å²) in [7, 11) is 0. The van der Waals surface area contributed by atoms with Crippen molar-refractivity contribution in [2.24, 2.45) is 0 Å². The highest BCUT2D eigenvalue weighted by molar-refractivity contribution is 5.84. The molecule has 1 heterocycles. The standard InChI is InChI=1S/C18H25FN2O6/c1-18(2,11-23)17-7-12-6-16(21(25)26)14(19)8-15(12)20(17)9-13(24)10-27-5-3-4-22/h6-8,13,22-24H,3-5,9-11H2,1-2H3. The number of nitro groups is 1. The summed E-state index contributed by atoms with van der Waals surface area (Å²) < 4.78 is 21.1. The smallest absolute Gasteiger partial charge is 0.305 e. The van der Waals surface area contributed by atoms with Crippen molar-refractivity contribution >= 4 is 16.6 Å². The number of fused-ring (bicyclic) bond motifs is 1. The number of halogens is 1. The summed E-state index contributed by atoms with van der Waals surface area (Å²) in [5.74, 6) is -0.964. The zero-order valence-corrected chi connectivity index (χ0v) is 15.4. The summed E-state index contributed by atoms with van der Waals surface area (Å²) in [5.41, 5.74) is -0.318. The minimum atomic E-state index is -0.964. The van der Waals surface area contributed by atoms with E-state index in [0.717, 1.165) is 12.1 Å². The lowest BCUT2D eigenvalue weighted by molar-refractivity contribution is -0.387. The van der Waals surface area contributed by atoms with Gasteiger partial charge in [0.05, 0.1) is 36.3 Å². The van der Waals surface area contributed by atoms with Crippen molar-refractivity contribution in [2.75, 3.05) is 26.4 Å². The summed E-state index contributed by atoms with van der Waals surface area (Å²) in [6, 6.07) is 3.89. The molecule has 27 heavy (non-hydrogen) atoms. The maximum absolute atomic E-state index is 14.1. The van der Waals surface area contributed by atoms with Gasteiger partial charge in [0.1, 0.15) is 0 Å². The number of aliphatic hydroxyl groups excluding tert-OH is 3. The lowest BCUT2D eigenvalue weighted by Crippen LogP contribution is -2.29. The predicted octanol–water partition coefficient (Wildman–Crippen LogP) is 1.72. The number of nitro benzene ring substituents is 1. The van der Waals surface area contributed by atoms with Crippen molar-refractivity contribution in [3.8, 4) is 0 Å². The van der Waals surface area contributed by atoms with E-state index < -0.39 is 27.9 Å². The topological polar surface area (TPSA) is 118 Å². The second kappa shape index (κ2) is 8.75. The summed E-state index contributed by atoms with van der Waals surface area (Å²) in [6.07, 6.45) is -0.456. The average molecular weight is 384 g/mol. The van der Waals surface area contributed by atoms with Gasteiger partial charge in [-0.2, -0.15) is 4.39 Å². The second-order valence-corrected chi connectivity index (χ2v) is 7.11. The van der Waals surface area contributed by atoms with Gasteiger partial charge in [-0.1, -0.05) is 13.8 Å². The number of ether oxygens (including phenoxy) is 1. The van der Waals surface area contributed by atoms with Crippen molar-refractivity contribution in [3.05, 3.63) is 39.8 Å². The lowest BCUT2D eigenvalue weighted by Gasteiger charge is -2.26. The molecule has 9 heteroatoms. The SMILES string of the molecule is CC(C)(CO)c1cc2cc([N+](=O)[O-])c(F)cc2n1CC(O)COCCCO. The van der Waals surface area contributed by atoms with Crippen LogP contribution in [0, 0.1) is 15.9 Å². The number of benzene rings is 1. The van der Waals surface area contributed by atoms with E-state index in [1.807, 2.05) is 0 Å². The molecule has 1 aromatic heterocycles. The Morgan fingerprint density at radius 1 is 1.33 bits per heavy atom. The van der Waals surface area contributed by atoms with Gasteiger partial charge in [0, 0.05) is 41.8 Å². The van der Waals surface area contributed by atoms with Crippen LogP contribution in [0.15, 0.2) is 18.2 Å². The zero-order chi connectivity index (χ0) is 20.2. The minimum absolute atomic E-state index is 0.00870. The molecule has 0 aliphatic carbocycles. The molecule has 150 valence electrons. The molecule has 1 atom stereocenters. The highest BCUT2D eigenvalue weighted by Gasteiger charge is 2.28. The Kier molecular flexibility index (Phi) is 6.88. The largest absolute Gasteiger partial charge is 0.396 e. The van der Waals surface area contributed by atoms with Gasteiger partial charge in [-0.25, -0.2) is 0 Å². The summed E-state index contributed by atoms with van der Waals surface area (Å²) in [4.78, 5) is 10.2. The number of nitrogens with zero attached hydrogens (tertiary/aromatic N) is 2. The van der Waals surface area contributed by atoms with E-state index in [2.05, 4.69) is 0 Å². The Hall–Kier alpha value is -2.07. The first-order valence-corrected chi connectivity index (χ1v) is 8.66. The Morgan fingerprint density at radius 2 is 2.04 bits per heavy atom. The molecule has 3 N–H and O–H groups in total. The van der Waals surface area contributed by atoms with E-state index in [4.69, 9.17) is 9.84 Å². The molecule has 0 fully saturated rings. The second-order valence-electron chi connectivity index (χ2n) is 7.11. The van der Waals surface area contributed by atoms with Crippen LogP contribution in [0.25, 0.3) is 10.9 Å². The van der Waals surface area contributed by atoms with Crippen molar-refractivity contribution < 1.29 is 29.4 Å². The third-order valence-corrected chi connectivity index (χ3v) is 4.41.